The third-order valence-corrected chi connectivity index (χ3v) is 14.9. The topological polar surface area (TPSA) is 228 Å². The summed E-state index contributed by atoms with van der Waals surface area (Å²) in [5.74, 6) is -0.220. The van der Waals surface area contributed by atoms with Crippen molar-refractivity contribution >= 4 is 5.91 Å². The average Bonchev–Trinajstić information content (AvgIpc) is 3.45. The number of carbonyl (C=O) groups is 1. The minimum Gasteiger partial charge on any atom is -0.394 e. The first-order valence-electron chi connectivity index (χ1n) is 32.3. The Kier molecular flexibility index (Phi) is 47.9. The number of allylic oxidation sites excluding steroid dienone is 20. The molecule has 0 radical (unpaired) electrons. The van der Waals surface area contributed by atoms with Crippen LogP contribution in [0.3, 0.4) is 0 Å². The lowest BCUT2D eigenvalue weighted by molar-refractivity contribution is -0.359. The molecule has 2 fully saturated rings. The highest BCUT2D eigenvalue weighted by Gasteiger charge is 2.51. The van der Waals surface area contributed by atoms with Crippen molar-refractivity contribution in [3.05, 3.63) is 122 Å². The molecule has 0 aliphatic carbocycles. The highest BCUT2D eigenvalue weighted by Crippen LogP contribution is 2.30. The normalized spacial score (nSPS) is 24.7. The Hall–Kier alpha value is -3.61. The number of ether oxygens (including phenoxy) is 4. The van der Waals surface area contributed by atoms with Gasteiger partial charge in [0.05, 0.1) is 32.0 Å². The van der Waals surface area contributed by atoms with Gasteiger partial charge < -0.3 is 65.1 Å². The van der Waals surface area contributed by atoms with Crippen molar-refractivity contribution in [2.75, 3.05) is 19.8 Å². The van der Waals surface area contributed by atoms with Gasteiger partial charge in [-0.15, -0.1) is 0 Å². The van der Waals surface area contributed by atoms with Crippen LogP contribution in [0.5, 0.6) is 0 Å². The molecule has 0 aromatic rings. The summed E-state index contributed by atoms with van der Waals surface area (Å²) in [5, 5.41) is 87.0. The molecule has 14 heteroatoms. The molecule has 1 amide bonds. The van der Waals surface area contributed by atoms with Crippen LogP contribution in [0.4, 0.5) is 0 Å². The molecule has 14 nitrogen and oxygen atoms in total. The molecule has 474 valence electrons. The Morgan fingerprint density at radius 1 is 0.446 bits per heavy atom. The molecule has 12 atom stereocenters. The van der Waals surface area contributed by atoms with E-state index in [-0.39, 0.29) is 12.5 Å². The molecule has 2 aliphatic heterocycles. The van der Waals surface area contributed by atoms with Crippen LogP contribution in [-0.2, 0) is 23.7 Å². The van der Waals surface area contributed by atoms with E-state index in [9.17, 15) is 45.6 Å². The highest BCUT2D eigenvalue weighted by molar-refractivity contribution is 5.76. The van der Waals surface area contributed by atoms with Gasteiger partial charge in [-0.05, 0) is 89.9 Å². The van der Waals surface area contributed by atoms with Gasteiger partial charge in [-0.1, -0.05) is 238 Å². The minimum atomic E-state index is -1.79. The summed E-state index contributed by atoms with van der Waals surface area (Å²) in [6.45, 7) is 2.68. The lowest BCUT2D eigenvalue weighted by Crippen LogP contribution is -2.65. The number of rotatable bonds is 50. The molecule has 0 saturated carbocycles. The van der Waals surface area contributed by atoms with E-state index in [0.29, 0.717) is 19.3 Å². The van der Waals surface area contributed by atoms with Crippen molar-refractivity contribution in [3.63, 3.8) is 0 Å². The first-order valence-corrected chi connectivity index (χ1v) is 32.3. The fraction of sp³-hybridized carbons (Fsp3) is 0.696. The second-order valence-corrected chi connectivity index (χ2v) is 22.2. The third-order valence-electron chi connectivity index (χ3n) is 14.9. The van der Waals surface area contributed by atoms with E-state index in [1.165, 1.54) is 64.2 Å². The van der Waals surface area contributed by atoms with Crippen LogP contribution in [-0.4, -0.2) is 140 Å². The van der Waals surface area contributed by atoms with Crippen molar-refractivity contribution in [2.45, 2.75) is 286 Å². The second-order valence-electron chi connectivity index (χ2n) is 22.2. The number of nitrogens with one attached hydrogen (secondary N) is 1. The molecule has 0 aromatic carbocycles. The van der Waals surface area contributed by atoms with Crippen molar-refractivity contribution in [1.82, 2.24) is 5.32 Å². The Bertz CT molecular complexity index is 1850. The zero-order chi connectivity index (χ0) is 60.2. The van der Waals surface area contributed by atoms with Gasteiger partial charge in [0, 0.05) is 6.42 Å². The number of amides is 1. The van der Waals surface area contributed by atoms with Gasteiger partial charge in [0.1, 0.15) is 48.8 Å². The van der Waals surface area contributed by atoms with Crippen LogP contribution in [0, 0.1) is 0 Å². The third kappa shape index (κ3) is 37.5. The van der Waals surface area contributed by atoms with Crippen LogP contribution >= 0.6 is 0 Å². The summed E-state index contributed by atoms with van der Waals surface area (Å²) in [7, 11) is 0. The standard InChI is InChI=1S/C69H115NO13/c1-3-5-7-9-11-13-14-15-16-17-18-19-20-21-22-23-24-25-26-27-28-29-30-31-32-33-34-35-36-37-38-39-40-41-42-43-44-45-47-49-51-53-61(74)70-57(58(73)52-50-48-46-12-10-8-6-4-2)56-80-68-66(79)64(77)67(60(55-72)82-68)83-69-65(78)63(76)62(75)59(54-71)81-69/h5,7,11,13,15-16,18-19,21-22,24-25,27-28,30-31,33-34,36-37,57-60,62-69,71-73,75-79H,3-4,6,8-10,12,14,17,20,23,26,29,32,35,38-56H2,1-2H3,(H,70,74)/b7-5-,13-11-,16-15-,19-18-,22-21-,25-24-,28-27-,31-30-,34-33-,37-36-. The molecule has 0 aromatic heterocycles. The first kappa shape index (κ1) is 75.5. The van der Waals surface area contributed by atoms with E-state index in [1.807, 2.05) is 0 Å². The van der Waals surface area contributed by atoms with E-state index in [2.05, 4.69) is 141 Å². The van der Waals surface area contributed by atoms with Gasteiger partial charge >= 0.3 is 0 Å². The molecule has 2 heterocycles. The number of carbonyl (C=O) groups excluding carboxylic acids is 1. The summed E-state index contributed by atoms with van der Waals surface area (Å²) in [6.07, 6.45) is 59.6. The summed E-state index contributed by atoms with van der Waals surface area (Å²) in [4.78, 5) is 13.2. The van der Waals surface area contributed by atoms with Crippen molar-refractivity contribution < 1.29 is 64.6 Å². The van der Waals surface area contributed by atoms with E-state index in [0.717, 1.165) is 116 Å². The monoisotopic (exact) mass is 1170 g/mol. The highest BCUT2D eigenvalue weighted by atomic mass is 16.7. The molecule has 9 N–H and O–H groups in total. The Labute approximate surface area is 501 Å². The van der Waals surface area contributed by atoms with Crippen molar-refractivity contribution in [1.29, 1.82) is 0 Å². The fourth-order valence-corrected chi connectivity index (χ4v) is 9.79. The van der Waals surface area contributed by atoms with Gasteiger partial charge in [0.15, 0.2) is 12.6 Å². The van der Waals surface area contributed by atoms with Crippen LogP contribution in [0.15, 0.2) is 122 Å². The predicted octanol–water partition coefficient (Wildman–Crippen LogP) is 12.2. The lowest BCUT2D eigenvalue weighted by Gasteiger charge is -2.46. The molecular weight excluding hydrogens is 1050 g/mol. The number of aliphatic hydroxyl groups excluding tert-OH is 8. The van der Waals surface area contributed by atoms with E-state index in [1.54, 1.807) is 0 Å². The molecule has 0 bridgehead atoms. The maximum Gasteiger partial charge on any atom is 0.220 e. The van der Waals surface area contributed by atoms with Gasteiger partial charge in [0.2, 0.25) is 5.91 Å². The van der Waals surface area contributed by atoms with Crippen LogP contribution in [0.25, 0.3) is 0 Å². The molecule has 83 heavy (non-hydrogen) atoms. The largest absolute Gasteiger partial charge is 0.394 e. The smallest absolute Gasteiger partial charge is 0.220 e. The zero-order valence-corrected chi connectivity index (χ0v) is 51.1. The minimum absolute atomic E-state index is 0.220. The van der Waals surface area contributed by atoms with Crippen LogP contribution in [0.1, 0.15) is 213 Å². The summed E-state index contributed by atoms with van der Waals surface area (Å²) < 4.78 is 22.7. The number of hydrogen-bond acceptors (Lipinski definition) is 13. The Morgan fingerprint density at radius 3 is 1.28 bits per heavy atom. The Balaban J connectivity index is 1.56. The molecule has 2 rings (SSSR count). The lowest BCUT2D eigenvalue weighted by atomic mass is 9.97. The average molecular weight is 1170 g/mol. The van der Waals surface area contributed by atoms with E-state index < -0.39 is 86.8 Å². The molecule has 0 spiro atoms. The summed E-state index contributed by atoms with van der Waals surface area (Å²) in [5.41, 5.74) is 0. The van der Waals surface area contributed by atoms with Crippen LogP contribution < -0.4 is 5.32 Å². The second kappa shape index (κ2) is 52.7. The SMILES string of the molecule is CC/C=C\C/C=C\C/C=C\C/C=C\C/C=C\C/C=C\C/C=C\C/C=C\C/C=C\C/C=C\CCCCCCCCCCCCC(=O)NC(COC1OC(CO)C(OC2OC(CO)C(O)C(O)C2O)C(O)C1O)C(O)CCCCCCCCCC. The fourth-order valence-electron chi connectivity index (χ4n) is 9.79. The van der Waals surface area contributed by atoms with Gasteiger partial charge in [-0.25, -0.2) is 0 Å². The van der Waals surface area contributed by atoms with Crippen molar-refractivity contribution in [2.24, 2.45) is 0 Å². The molecule has 12 unspecified atom stereocenters. The maximum atomic E-state index is 13.2. The molecule has 2 aliphatic rings. The van der Waals surface area contributed by atoms with Crippen LogP contribution in [0.2, 0.25) is 0 Å². The first-order chi connectivity index (χ1) is 40.6. The number of unbranched alkanes of at least 4 members (excludes halogenated alkanes) is 17. The zero-order valence-electron chi connectivity index (χ0n) is 51.1. The number of aliphatic hydroxyl groups is 8. The molecular formula is C69H115NO13. The van der Waals surface area contributed by atoms with E-state index in [4.69, 9.17) is 18.9 Å². The van der Waals surface area contributed by atoms with E-state index >= 15 is 0 Å². The number of hydrogen-bond donors (Lipinski definition) is 9. The summed E-state index contributed by atoms with van der Waals surface area (Å²) in [6, 6.07) is -0.836. The quantitative estimate of drug-likeness (QED) is 0.0204. The molecule has 2 saturated heterocycles. The van der Waals surface area contributed by atoms with Crippen molar-refractivity contribution in [3.8, 4) is 0 Å². The Morgan fingerprint density at radius 2 is 0.831 bits per heavy atom. The summed E-state index contributed by atoms with van der Waals surface area (Å²) >= 11 is 0. The predicted molar refractivity (Wildman–Crippen MR) is 336 cm³/mol. The van der Waals surface area contributed by atoms with Gasteiger partial charge in [-0.2, -0.15) is 0 Å². The van der Waals surface area contributed by atoms with Gasteiger partial charge in [-0.3, -0.25) is 4.79 Å². The maximum absolute atomic E-state index is 13.2. The van der Waals surface area contributed by atoms with Gasteiger partial charge in [0.25, 0.3) is 0 Å².